The molecule has 2 aromatic rings. The zero-order valence-electron chi connectivity index (χ0n) is 12.9. The second-order valence-electron chi connectivity index (χ2n) is 4.69. The van der Waals surface area contributed by atoms with Crippen molar-refractivity contribution < 1.29 is 14.3 Å². The predicted octanol–water partition coefficient (Wildman–Crippen LogP) is 3.40. The molecule has 1 N–H and O–H groups in total. The number of thiophene rings is 1. The highest BCUT2D eigenvalue weighted by Crippen LogP contribution is 2.27. The lowest BCUT2D eigenvalue weighted by atomic mass is 10.2. The van der Waals surface area contributed by atoms with E-state index in [-0.39, 0.29) is 5.91 Å². The van der Waals surface area contributed by atoms with Gasteiger partial charge in [0.15, 0.2) is 11.5 Å². The maximum absolute atomic E-state index is 11.9. The molecule has 0 saturated heterocycles. The largest absolute Gasteiger partial charge is 0.493 e. The fourth-order valence-electron chi connectivity index (χ4n) is 1.94. The van der Waals surface area contributed by atoms with Gasteiger partial charge in [-0.2, -0.15) is 0 Å². The fraction of sp³-hybridized carbons (Fsp3) is 0.235. The number of aryl methyl sites for hydroxylation is 1. The van der Waals surface area contributed by atoms with Crippen LogP contribution in [0.3, 0.4) is 0 Å². The summed E-state index contributed by atoms with van der Waals surface area (Å²) in [6.07, 6.45) is 3.27. The molecule has 1 aromatic heterocycles. The third-order valence-electron chi connectivity index (χ3n) is 3.23. The lowest BCUT2D eigenvalue weighted by molar-refractivity contribution is -0.116. The van der Waals surface area contributed by atoms with Gasteiger partial charge in [0.1, 0.15) is 0 Å². The minimum absolute atomic E-state index is 0.123. The van der Waals surface area contributed by atoms with Crippen LogP contribution < -0.4 is 14.8 Å². The van der Waals surface area contributed by atoms with Crippen LogP contribution in [0, 0.1) is 6.92 Å². The van der Waals surface area contributed by atoms with Crippen molar-refractivity contribution in [1.82, 2.24) is 5.32 Å². The van der Waals surface area contributed by atoms with Crippen LogP contribution in [-0.2, 0) is 11.3 Å². The summed E-state index contributed by atoms with van der Waals surface area (Å²) in [4.78, 5) is 13.0. The van der Waals surface area contributed by atoms with Gasteiger partial charge in [0, 0.05) is 11.0 Å². The first-order valence-electron chi connectivity index (χ1n) is 6.85. The summed E-state index contributed by atoms with van der Waals surface area (Å²) in [6, 6.07) is 7.55. The summed E-state index contributed by atoms with van der Waals surface area (Å²) >= 11 is 1.65. The molecule has 0 radical (unpaired) electrons. The summed E-state index contributed by atoms with van der Waals surface area (Å²) < 4.78 is 10.4. The van der Waals surface area contributed by atoms with Crippen molar-refractivity contribution in [2.45, 2.75) is 13.5 Å². The molecule has 0 unspecified atom stereocenters. The molecule has 0 atom stereocenters. The van der Waals surface area contributed by atoms with Crippen LogP contribution >= 0.6 is 11.3 Å². The van der Waals surface area contributed by atoms with Crippen molar-refractivity contribution >= 4 is 23.3 Å². The number of amides is 1. The topological polar surface area (TPSA) is 47.6 Å². The Bertz CT molecular complexity index is 676. The fourth-order valence-corrected chi connectivity index (χ4v) is 2.79. The summed E-state index contributed by atoms with van der Waals surface area (Å²) in [5.74, 6) is 1.18. The zero-order valence-corrected chi connectivity index (χ0v) is 13.7. The average Bonchev–Trinajstić information content (AvgIpc) is 2.95. The number of methoxy groups -OCH3 is 2. The summed E-state index contributed by atoms with van der Waals surface area (Å²) in [5, 5.41) is 4.90. The third-order valence-corrected chi connectivity index (χ3v) is 4.25. The van der Waals surface area contributed by atoms with Crippen molar-refractivity contribution in [1.29, 1.82) is 0 Å². The van der Waals surface area contributed by atoms with Gasteiger partial charge in [-0.25, -0.2) is 0 Å². The molecule has 116 valence electrons. The highest BCUT2D eigenvalue weighted by Gasteiger charge is 2.04. The monoisotopic (exact) mass is 317 g/mol. The number of ether oxygens (including phenoxy) is 2. The summed E-state index contributed by atoms with van der Waals surface area (Å²) in [5.41, 5.74) is 2.08. The predicted molar refractivity (Wildman–Crippen MR) is 89.5 cm³/mol. The minimum Gasteiger partial charge on any atom is -0.493 e. The molecule has 1 aromatic carbocycles. The molecular formula is C17H19NO3S. The van der Waals surface area contributed by atoms with E-state index in [1.807, 2.05) is 36.6 Å². The normalized spacial score (nSPS) is 10.7. The van der Waals surface area contributed by atoms with E-state index in [9.17, 15) is 4.79 Å². The lowest BCUT2D eigenvalue weighted by Gasteiger charge is -2.07. The second kappa shape index (κ2) is 7.66. The van der Waals surface area contributed by atoms with Gasteiger partial charge in [-0.15, -0.1) is 11.3 Å². The number of benzene rings is 1. The van der Waals surface area contributed by atoms with Crippen LogP contribution in [-0.4, -0.2) is 20.1 Å². The smallest absolute Gasteiger partial charge is 0.244 e. The first-order valence-corrected chi connectivity index (χ1v) is 7.73. The molecule has 0 fully saturated rings. The van der Waals surface area contributed by atoms with Crippen LogP contribution in [0.15, 0.2) is 35.7 Å². The van der Waals surface area contributed by atoms with Gasteiger partial charge in [0.2, 0.25) is 5.91 Å². The number of rotatable bonds is 6. The Balaban J connectivity index is 1.96. The molecule has 0 aliphatic heterocycles. The molecule has 5 heteroatoms. The van der Waals surface area contributed by atoms with Crippen LogP contribution in [0.1, 0.15) is 16.0 Å². The Morgan fingerprint density at radius 1 is 1.23 bits per heavy atom. The van der Waals surface area contributed by atoms with E-state index < -0.39 is 0 Å². The first kappa shape index (κ1) is 16.1. The van der Waals surface area contributed by atoms with E-state index in [0.29, 0.717) is 18.0 Å². The van der Waals surface area contributed by atoms with Crippen molar-refractivity contribution in [2.75, 3.05) is 14.2 Å². The molecule has 0 bridgehead atoms. The molecule has 4 nitrogen and oxygen atoms in total. The van der Waals surface area contributed by atoms with Gasteiger partial charge in [-0.1, -0.05) is 6.07 Å². The summed E-state index contributed by atoms with van der Waals surface area (Å²) in [6.45, 7) is 2.59. The van der Waals surface area contributed by atoms with Crippen molar-refractivity contribution in [3.05, 3.63) is 51.7 Å². The molecule has 0 aliphatic rings. The van der Waals surface area contributed by atoms with Gasteiger partial charge >= 0.3 is 0 Å². The Kier molecular flexibility index (Phi) is 5.61. The van der Waals surface area contributed by atoms with E-state index in [2.05, 4.69) is 5.32 Å². The summed E-state index contributed by atoms with van der Waals surface area (Å²) in [7, 11) is 3.18. The quantitative estimate of drug-likeness (QED) is 0.831. The number of nitrogens with one attached hydrogen (secondary N) is 1. The molecule has 1 amide bonds. The van der Waals surface area contributed by atoms with E-state index in [4.69, 9.17) is 9.47 Å². The van der Waals surface area contributed by atoms with Crippen LogP contribution in [0.2, 0.25) is 0 Å². The van der Waals surface area contributed by atoms with Crippen molar-refractivity contribution in [3.63, 3.8) is 0 Å². The van der Waals surface area contributed by atoms with Crippen LogP contribution in [0.25, 0.3) is 6.08 Å². The number of carbonyl (C=O) groups is 1. The molecule has 0 spiro atoms. The number of hydrogen-bond donors (Lipinski definition) is 1. The third kappa shape index (κ3) is 4.11. The standard InChI is InChI=1S/C17H19NO3S/c1-12-8-9-22-16(12)11-18-17(19)7-5-13-4-6-14(20-2)15(10-13)21-3/h4-10H,11H2,1-3H3,(H,18,19)/b7-5+. The molecule has 0 aliphatic carbocycles. The van der Waals surface area contributed by atoms with Gasteiger partial charge in [0.05, 0.1) is 20.8 Å². The molecule has 1 heterocycles. The van der Waals surface area contributed by atoms with Crippen molar-refractivity contribution in [2.24, 2.45) is 0 Å². The number of carbonyl (C=O) groups excluding carboxylic acids is 1. The Labute approximate surface area is 134 Å². The molecular weight excluding hydrogens is 298 g/mol. The van der Waals surface area contributed by atoms with Crippen LogP contribution in [0.5, 0.6) is 11.5 Å². The van der Waals surface area contributed by atoms with Gasteiger partial charge < -0.3 is 14.8 Å². The van der Waals surface area contributed by atoms with E-state index in [1.54, 1.807) is 31.6 Å². The Morgan fingerprint density at radius 2 is 2.00 bits per heavy atom. The van der Waals surface area contributed by atoms with E-state index >= 15 is 0 Å². The Morgan fingerprint density at radius 3 is 2.64 bits per heavy atom. The highest BCUT2D eigenvalue weighted by atomic mass is 32.1. The van der Waals surface area contributed by atoms with E-state index in [1.165, 1.54) is 16.5 Å². The van der Waals surface area contributed by atoms with Gasteiger partial charge in [-0.05, 0) is 47.7 Å². The average molecular weight is 317 g/mol. The van der Waals surface area contributed by atoms with Crippen molar-refractivity contribution in [3.8, 4) is 11.5 Å². The minimum atomic E-state index is -0.123. The Hall–Kier alpha value is -2.27. The SMILES string of the molecule is COc1ccc(/C=C/C(=O)NCc2sccc2C)cc1OC. The second-order valence-corrected chi connectivity index (χ2v) is 5.69. The number of hydrogen-bond acceptors (Lipinski definition) is 4. The zero-order chi connectivity index (χ0) is 15.9. The maximum Gasteiger partial charge on any atom is 0.244 e. The highest BCUT2D eigenvalue weighted by molar-refractivity contribution is 7.10. The van der Waals surface area contributed by atoms with Gasteiger partial charge in [0.25, 0.3) is 0 Å². The first-order chi connectivity index (χ1) is 10.6. The van der Waals surface area contributed by atoms with Crippen LogP contribution in [0.4, 0.5) is 0 Å². The molecule has 22 heavy (non-hydrogen) atoms. The maximum atomic E-state index is 11.9. The lowest BCUT2D eigenvalue weighted by Crippen LogP contribution is -2.19. The van der Waals surface area contributed by atoms with E-state index in [0.717, 1.165) is 5.56 Å². The molecule has 0 saturated carbocycles. The van der Waals surface area contributed by atoms with Gasteiger partial charge in [-0.3, -0.25) is 4.79 Å². The molecule has 2 rings (SSSR count).